The van der Waals surface area contributed by atoms with E-state index in [0.29, 0.717) is 29.6 Å². The molecule has 0 radical (unpaired) electrons. The molecule has 6 nitrogen and oxygen atoms in total. The van der Waals surface area contributed by atoms with Gasteiger partial charge in [0.05, 0.1) is 6.42 Å². The number of aryl methyl sites for hydroxylation is 2. The second kappa shape index (κ2) is 9.26. The smallest absolute Gasteiger partial charge is 0.262 e. The first-order valence-electron chi connectivity index (χ1n) is 10.0. The van der Waals surface area contributed by atoms with Gasteiger partial charge < -0.3 is 14.5 Å². The van der Waals surface area contributed by atoms with Crippen LogP contribution in [0.4, 0.5) is 5.69 Å². The number of carbonyl (C=O) groups excluding carboxylic acids is 1. The third-order valence-corrected chi connectivity index (χ3v) is 4.65. The normalized spacial score (nSPS) is 10.6. The molecule has 4 rings (SSSR count). The van der Waals surface area contributed by atoms with Gasteiger partial charge in [-0.15, -0.1) is 10.2 Å². The van der Waals surface area contributed by atoms with E-state index in [1.54, 1.807) is 0 Å². The molecule has 1 N–H and O–H groups in total. The lowest BCUT2D eigenvalue weighted by molar-refractivity contribution is -0.118. The Morgan fingerprint density at radius 3 is 2.35 bits per heavy atom. The van der Waals surface area contributed by atoms with Gasteiger partial charge in [0.2, 0.25) is 11.8 Å². The number of hydrogen-bond acceptors (Lipinski definition) is 5. The zero-order valence-corrected chi connectivity index (χ0v) is 17.5. The second-order valence-corrected chi connectivity index (χ2v) is 7.40. The van der Waals surface area contributed by atoms with Crippen LogP contribution in [0.1, 0.15) is 22.6 Å². The zero-order chi connectivity index (χ0) is 21.6. The van der Waals surface area contributed by atoms with Crippen LogP contribution in [0.25, 0.3) is 11.5 Å². The average Bonchev–Trinajstić information content (AvgIpc) is 3.22. The number of rotatable bonds is 7. The predicted octanol–water partition coefficient (Wildman–Crippen LogP) is 4.96. The number of nitrogens with one attached hydrogen (secondary N) is 1. The molecule has 0 aliphatic carbocycles. The molecule has 4 aromatic rings. The van der Waals surface area contributed by atoms with E-state index in [0.717, 1.165) is 22.3 Å². The van der Waals surface area contributed by atoms with Crippen LogP contribution in [-0.4, -0.2) is 22.7 Å². The van der Waals surface area contributed by atoms with E-state index in [1.807, 2.05) is 80.6 Å². The number of nitrogens with zero attached hydrogens (tertiary/aromatic N) is 2. The maximum atomic E-state index is 12.2. The zero-order valence-electron chi connectivity index (χ0n) is 17.5. The molecule has 3 aromatic carbocycles. The Hall–Kier alpha value is -3.93. The van der Waals surface area contributed by atoms with Crippen molar-refractivity contribution < 1.29 is 13.9 Å². The van der Waals surface area contributed by atoms with Gasteiger partial charge in [0.25, 0.3) is 5.91 Å². The highest BCUT2D eigenvalue weighted by Gasteiger charge is 2.09. The summed E-state index contributed by atoms with van der Waals surface area (Å²) in [4.78, 5) is 12.2. The molecule has 0 bridgehead atoms. The minimum atomic E-state index is -0.212. The largest absolute Gasteiger partial charge is 0.484 e. The third-order valence-electron chi connectivity index (χ3n) is 4.65. The van der Waals surface area contributed by atoms with Crippen molar-refractivity contribution in [2.24, 2.45) is 0 Å². The Morgan fingerprint density at radius 2 is 1.65 bits per heavy atom. The van der Waals surface area contributed by atoms with Crippen molar-refractivity contribution >= 4 is 11.6 Å². The number of anilines is 1. The lowest BCUT2D eigenvalue weighted by Gasteiger charge is -2.09. The average molecular weight is 413 g/mol. The van der Waals surface area contributed by atoms with E-state index in [4.69, 9.17) is 9.15 Å². The summed E-state index contributed by atoms with van der Waals surface area (Å²) in [5.41, 5.74) is 4.80. The van der Waals surface area contributed by atoms with Gasteiger partial charge in [-0.1, -0.05) is 36.4 Å². The van der Waals surface area contributed by atoms with Crippen LogP contribution in [0.3, 0.4) is 0 Å². The fourth-order valence-electron chi connectivity index (χ4n) is 3.27. The van der Waals surface area contributed by atoms with Crippen LogP contribution in [0.15, 0.2) is 77.2 Å². The number of aromatic nitrogens is 2. The van der Waals surface area contributed by atoms with Crippen LogP contribution in [-0.2, 0) is 11.2 Å². The third kappa shape index (κ3) is 5.57. The quantitative estimate of drug-likeness (QED) is 0.463. The van der Waals surface area contributed by atoms with Crippen molar-refractivity contribution in [3.8, 4) is 17.2 Å². The molecule has 1 amide bonds. The monoisotopic (exact) mass is 413 g/mol. The van der Waals surface area contributed by atoms with Gasteiger partial charge in [0, 0.05) is 11.3 Å². The SMILES string of the molecule is Cc1cc(C)cc(OCC(=O)Nc2ccc(Cc3nnc(-c4ccccc4)o3)cc2)c1. The molecule has 0 saturated heterocycles. The summed E-state index contributed by atoms with van der Waals surface area (Å²) in [5.74, 6) is 1.52. The summed E-state index contributed by atoms with van der Waals surface area (Å²) in [6.07, 6.45) is 0.518. The maximum Gasteiger partial charge on any atom is 0.262 e. The first-order valence-corrected chi connectivity index (χ1v) is 10.0. The van der Waals surface area contributed by atoms with Crippen molar-refractivity contribution in [1.82, 2.24) is 10.2 Å². The van der Waals surface area contributed by atoms with Crippen LogP contribution in [0, 0.1) is 13.8 Å². The lowest BCUT2D eigenvalue weighted by atomic mass is 10.1. The summed E-state index contributed by atoms with van der Waals surface area (Å²) in [7, 11) is 0. The lowest BCUT2D eigenvalue weighted by Crippen LogP contribution is -2.20. The minimum Gasteiger partial charge on any atom is -0.484 e. The van der Waals surface area contributed by atoms with Gasteiger partial charge in [-0.3, -0.25) is 4.79 Å². The maximum absolute atomic E-state index is 12.2. The van der Waals surface area contributed by atoms with Gasteiger partial charge in [-0.2, -0.15) is 0 Å². The van der Waals surface area contributed by atoms with Gasteiger partial charge in [0.15, 0.2) is 6.61 Å². The first-order chi connectivity index (χ1) is 15.0. The molecular weight excluding hydrogens is 390 g/mol. The summed E-state index contributed by atoms with van der Waals surface area (Å²) in [6, 6.07) is 23.1. The second-order valence-electron chi connectivity index (χ2n) is 7.40. The molecular formula is C25H23N3O3. The number of carbonyl (C=O) groups is 1. The summed E-state index contributed by atoms with van der Waals surface area (Å²) in [6.45, 7) is 3.95. The van der Waals surface area contributed by atoms with Crippen LogP contribution < -0.4 is 10.1 Å². The Balaban J connectivity index is 1.31. The van der Waals surface area contributed by atoms with Crippen molar-refractivity contribution in [1.29, 1.82) is 0 Å². The van der Waals surface area contributed by atoms with E-state index in [1.165, 1.54) is 0 Å². The first kappa shape index (κ1) is 20.3. The van der Waals surface area contributed by atoms with Gasteiger partial charge >= 0.3 is 0 Å². The molecule has 0 atom stereocenters. The highest BCUT2D eigenvalue weighted by molar-refractivity contribution is 5.91. The van der Waals surface area contributed by atoms with E-state index in [9.17, 15) is 4.79 Å². The van der Waals surface area contributed by atoms with Gasteiger partial charge in [-0.25, -0.2) is 0 Å². The van der Waals surface area contributed by atoms with E-state index in [-0.39, 0.29) is 12.5 Å². The fourth-order valence-corrected chi connectivity index (χ4v) is 3.27. The topological polar surface area (TPSA) is 77.2 Å². The van der Waals surface area contributed by atoms with Gasteiger partial charge in [0.1, 0.15) is 5.75 Å². The van der Waals surface area contributed by atoms with E-state index < -0.39 is 0 Å². The molecule has 0 aliphatic heterocycles. The van der Waals surface area contributed by atoms with Crippen molar-refractivity contribution in [3.63, 3.8) is 0 Å². The molecule has 31 heavy (non-hydrogen) atoms. The predicted molar refractivity (Wildman–Crippen MR) is 119 cm³/mol. The molecule has 0 aliphatic rings. The van der Waals surface area contributed by atoms with Crippen molar-refractivity contribution in [3.05, 3.63) is 95.4 Å². The molecule has 156 valence electrons. The highest BCUT2D eigenvalue weighted by Crippen LogP contribution is 2.20. The molecule has 0 unspecified atom stereocenters. The van der Waals surface area contributed by atoms with Crippen LogP contribution in [0.5, 0.6) is 5.75 Å². The van der Waals surface area contributed by atoms with Gasteiger partial charge in [-0.05, 0) is 66.9 Å². The Bertz CT molecular complexity index is 1150. The fraction of sp³-hybridized carbons (Fsp3) is 0.160. The van der Waals surface area contributed by atoms with E-state index >= 15 is 0 Å². The number of hydrogen-bond donors (Lipinski definition) is 1. The number of benzene rings is 3. The Morgan fingerprint density at radius 1 is 0.935 bits per heavy atom. The van der Waals surface area contributed by atoms with Crippen molar-refractivity contribution in [2.45, 2.75) is 20.3 Å². The summed E-state index contributed by atoms with van der Waals surface area (Å²) in [5, 5.41) is 11.1. The Labute approximate surface area is 180 Å². The number of amides is 1. The Kier molecular flexibility index (Phi) is 6.08. The number of ether oxygens (including phenoxy) is 1. The molecule has 0 spiro atoms. The molecule has 1 aromatic heterocycles. The van der Waals surface area contributed by atoms with Crippen molar-refractivity contribution in [2.75, 3.05) is 11.9 Å². The van der Waals surface area contributed by atoms with E-state index in [2.05, 4.69) is 21.6 Å². The summed E-state index contributed by atoms with van der Waals surface area (Å²) < 4.78 is 11.4. The molecule has 6 heteroatoms. The van der Waals surface area contributed by atoms with Crippen LogP contribution in [0.2, 0.25) is 0 Å². The standard InChI is InChI=1S/C25H23N3O3/c1-17-12-18(2)14-22(13-17)30-16-23(29)26-21-10-8-19(9-11-21)15-24-27-28-25(31-24)20-6-4-3-5-7-20/h3-14H,15-16H2,1-2H3,(H,26,29). The molecule has 0 fully saturated rings. The van der Waals surface area contributed by atoms with Crippen LogP contribution >= 0.6 is 0 Å². The minimum absolute atomic E-state index is 0.0467. The molecule has 1 heterocycles. The molecule has 0 saturated carbocycles. The summed E-state index contributed by atoms with van der Waals surface area (Å²) >= 11 is 0. The highest BCUT2D eigenvalue weighted by atomic mass is 16.5.